The quantitative estimate of drug-likeness (QED) is 0.0261. The first kappa shape index (κ1) is 79.6. The van der Waals surface area contributed by atoms with Crippen LogP contribution in [0.25, 0.3) is 0 Å². The standard InChI is InChI=1S/C76H142O6/c1-4-7-10-13-16-19-22-25-28-30-32-33-34-35-36-37-38-39-40-41-42-43-44-46-48-51-54-57-60-63-66-69-75(78)81-72-73(71-80-74(77)68-65-62-59-56-53-50-47-27-24-21-18-15-12-9-6-3)82-76(79)70-67-64-61-58-55-52-49-45-31-29-26-23-20-17-14-11-8-5-2/h20,23,27,29,31,47,73H,4-19,21-22,24-26,28,30,32-46,48-72H2,1-3H3/b23-20-,31-29-,47-27-. The van der Waals surface area contributed by atoms with Crippen LogP contribution < -0.4 is 0 Å². The summed E-state index contributed by atoms with van der Waals surface area (Å²) in [7, 11) is 0. The van der Waals surface area contributed by atoms with Crippen LogP contribution in [0.5, 0.6) is 0 Å². The number of hydrogen-bond donors (Lipinski definition) is 0. The van der Waals surface area contributed by atoms with E-state index in [1.807, 2.05) is 0 Å². The van der Waals surface area contributed by atoms with E-state index in [1.165, 1.54) is 295 Å². The largest absolute Gasteiger partial charge is 0.462 e. The lowest BCUT2D eigenvalue weighted by Gasteiger charge is -2.18. The molecule has 0 saturated heterocycles. The monoisotopic (exact) mass is 1150 g/mol. The van der Waals surface area contributed by atoms with E-state index in [1.54, 1.807) is 0 Å². The lowest BCUT2D eigenvalue weighted by Crippen LogP contribution is -2.30. The molecule has 0 aliphatic rings. The molecule has 1 atom stereocenters. The van der Waals surface area contributed by atoms with Crippen LogP contribution in [0.4, 0.5) is 0 Å². The molecule has 0 radical (unpaired) electrons. The van der Waals surface area contributed by atoms with Gasteiger partial charge in [-0.3, -0.25) is 14.4 Å². The molecule has 0 aromatic rings. The van der Waals surface area contributed by atoms with Crippen molar-refractivity contribution in [3.8, 4) is 0 Å². The third-order valence-corrected chi connectivity index (χ3v) is 16.9. The second kappa shape index (κ2) is 71.1. The van der Waals surface area contributed by atoms with Crippen LogP contribution >= 0.6 is 0 Å². The normalized spacial score (nSPS) is 12.2. The number of ether oxygens (including phenoxy) is 3. The summed E-state index contributed by atoms with van der Waals surface area (Å²) >= 11 is 0. The van der Waals surface area contributed by atoms with E-state index in [9.17, 15) is 14.4 Å². The number of hydrogen-bond acceptors (Lipinski definition) is 6. The van der Waals surface area contributed by atoms with E-state index < -0.39 is 6.10 Å². The van der Waals surface area contributed by atoms with Crippen LogP contribution in [-0.2, 0) is 28.6 Å². The Morgan fingerprint density at radius 1 is 0.244 bits per heavy atom. The van der Waals surface area contributed by atoms with Crippen molar-refractivity contribution in [3.63, 3.8) is 0 Å². The minimum absolute atomic E-state index is 0.0735. The fourth-order valence-corrected chi connectivity index (χ4v) is 11.3. The van der Waals surface area contributed by atoms with Crippen molar-refractivity contribution in [3.05, 3.63) is 36.5 Å². The van der Waals surface area contributed by atoms with Crippen molar-refractivity contribution in [2.45, 2.75) is 419 Å². The summed E-state index contributed by atoms with van der Waals surface area (Å²) in [4.78, 5) is 38.4. The van der Waals surface area contributed by atoms with Gasteiger partial charge in [0.25, 0.3) is 0 Å². The molecule has 0 aromatic carbocycles. The highest BCUT2D eigenvalue weighted by molar-refractivity contribution is 5.71. The summed E-state index contributed by atoms with van der Waals surface area (Å²) in [6.07, 6.45) is 89.1. The van der Waals surface area contributed by atoms with Crippen LogP contribution in [0.2, 0.25) is 0 Å². The molecule has 0 spiro atoms. The molecule has 0 bridgehead atoms. The number of esters is 3. The Hall–Kier alpha value is -2.37. The van der Waals surface area contributed by atoms with Gasteiger partial charge in [-0.1, -0.05) is 353 Å². The third kappa shape index (κ3) is 68.4. The van der Waals surface area contributed by atoms with Crippen LogP contribution in [0, 0.1) is 0 Å². The molecule has 82 heavy (non-hydrogen) atoms. The molecule has 6 nitrogen and oxygen atoms in total. The van der Waals surface area contributed by atoms with Gasteiger partial charge in [-0.05, 0) is 77.0 Å². The van der Waals surface area contributed by atoms with Gasteiger partial charge in [0.1, 0.15) is 13.2 Å². The summed E-state index contributed by atoms with van der Waals surface area (Å²) in [5.74, 6) is -0.862. The van der Waals surface area contributed by atoms with E-state index in [-0.39, 0.29) is 31.1 Å². The zero-order valence-electron chi connectivity index (χ0n) is 55.5. The molecule has 0 saturated carbocycles. The van der Waals surface area contributed by atoms with Crippen molar-refractivity contribution in [1.29, 1.82) is 0 Å². The smallest absolute Gasteiger partial charge is 0.306 e. The molecular weight excluding hydrogens is 1010 g/mol. The summed E-state index contributed by atoms with van der Waals surface area (Å²) in [6.45, 7) is 6.68. The van der Waals surface area contributed by atoms with Crippen LogP contribution in [0.3, 0.4) is 0 Å². The first-order chi connectivity index (χ1) is 40.5. The summed E-state index contributed by atoms with van der Waals surface area (Å²) < 4.78 is 17.0. The highest BCUT2D eigenvalue weighted by Gasteiger charge is 2.19. The van der Waals surface area contributed by atoms with E-state index in [4.69, 9.17) is 14.2 Å². The van der Waals surface area contributed by atoms with Crippen molar-refractivity contribution < 1.29 is 28.6 Å². The van der Waals surface area contributed by atoms with Gasteiger partial charge in [-0.15, -0.1) is 0 Å². The second-order valence-corrected chi connectivity index (χ2v) is 25.2. The Labute approximate surface area is 512 Å². The average molecular weight is 1150 g/mol. The third-order valence-electron chi connectivity index (χ3n) is 16.9. The topological polar surface area (TPSA) is 78.9 Å². The zero-order valence-corrected chi connectivity index (χ0v) is 55.5. The van der Waals surface area contributed by atoms with E-state index in [2.05, 4.69) is 57.2 Å². The Kier molecular flexibility index (Phi) is 69.1. The number of carbonyl (C=O) groups is 3. The maximum Gasteiger partial charge on any atom is 0.306 e. The Bertz CT molecular complexity index is 1370. The molecule has 0 aromatic heterocycles. The molecule has 0 aliphatic carbocycles. The van der Waals surface area contributed by atoms with Crippen molar-refractivity contribution in [2.24, 2.45) is 0 Å². The van der Waals surface area contributed by atoms with Crippen LogP contribution in [-0.4, -0.2) is 37.2 Å². The molecule has 0 heterocycles. The average Bonchev–Trinajstić information content (AvgIpc) is 3.47. The molecule has 482 valence electrons. The SMILES string of the molecule is CCCCCC/C=C\C/C=C\CCCCCCCCCC(=O)OC(COC(=O)CCCCCCC/C=C\CCCCCCCC)COC(=O)CCCCCCCCCCCCCCCCCCCCCCCCCCCCCCCCC. The number of rotatable bonds is 69. The first-order valence-electron chi connectivity index (χ1n) is 37.0. The Balaban J connectivity index is 4.17. The van der Waals surface area contributed by atoms with Gasteiger partial charge in [0, 0.05) is 19.3 Å². The highest BCUT2D eigenvalue weighted by Crippen LogP contribution is 2.19. The zero-order chi connectivity index (χ0) is 59.2. The van der Waals surface area contributed by atoms with Gasteiger partial charge in [-0.2, -0.15) is 0 Å². The number of allylic oxidation sites excluding steroid dienone is 6. The summed E-state index contributed by atoms with van der Waals surface area (Å²) in [5.41, 5.74) is 0. The van der Waals surface area contributed by atoms with Gasteiger partial charge >= 0.3 is 17.9 Å². The second-order valence-electron chi connectivity index (χ2n) is 25.2. The number of unbranched alkanes of at least 4 members (excludes halogenated alkanes) is 52. The molecule has 1 unspecified atom stereocenters. The fourth-order valence-electron chi connectivity index (χ4n) is 11.3. The van der Waals surface area contributed by atoms with Gasteiger partial charge in [-0.25, -0.2) is 0 Å². The van der Waals surface area contributed by atoms with E-state index in [0.29, 0.717) is 19.3 Å². The highest BCUT2D eigenvalue weighted by atomic mass is 16.6. The molecule has 0 rings (SSSR count). The fraction of sp³-hybridized carbons (Fsp3) is 0.882. The van der Waals surface area contributed by atoms with Gasteiger partial charge in [0.05, 0.1) is 0 Å². The Morgan fingerprint density at radius 2 is 0.439 bits per heavy atom. The summed E-state index contributed by atoms with van der Waals surface area (Å²) in [5, 5.41) is 0. The van der Waals surface area contributed by atoms with Gasteiger partial charge in [0.15, 0.2) is 6.10 Å². The van der Waals surface area contributed by atoms with Gasteiger partial charge < -0.3 is 14.2 Å². The number of carbonyl (C=O) groups excluding carboxylic acids is 3. The molecule has 0 fully saturated rings. The minimum Gasteiger partial charge on any atom is -0.462 e. The van der Waals surface area contributed by atoms with Crippen molar-refractivity contribution >= 4 is 17.9 Å². The first-order valence-corrected chi connectivity index (χ1v) is 37.0. The molecule has 6 heteroatoms. The molecule has 0 amide bonds. The minimum atomic E-state index is -0.779. The van der Waals surface area contributed by atoms with Gasteiger partial charge in [0.2, 0.25) is 0 Å². The maximum absolute atomic E-state index is 12.9. The molecular formula is C76H142O6. The predicted molar refractivity (Wildman–Crippen MR) is 358 cm³/mol. The lowest BCUT2D eigenvalue weighted by molar-refractivity contribution is -0.167. The molecule has 0 aliphatic heterocycles. The van der Waals surface area contributed by atoms with E-state index >= 15 is 0 Å². The predicted octanol–water partition coefficient (Wildman–Crippen LogP) is 25.5. The lowest BCUT2D eigenvalue weighted by atomic mass is 10.0. The molecule has 0 N–H and O–H groups in total. The Morgan fingerprint density at radius 3 is 0.695 bits per heavy atom. The van der Waals surface area contributed by atoms with Crippen LogP contribution in [0.15, 0.2) is 36.5 Å². The van der Waals surface area contributed by atoms with Crippen molar-refractivity contribution in [2.75, 3.05) is 13.2 Å². The summed E-state index contributed by atoms with van der Waals surface area (Å²) in [6, 6.07) is 0. The van der Waals surface area contributed by atoms with E-state index in [0.717, 1.165) is 77.0 Å². The van der Waals surface area contributed by atoms with Crippen LogP contribution in [0.1, 0.15) is 412 Å². The van der Waals surface area contributed by atoms with Crippen molar-refractivity contribution in [1.82, 2.24) is 0 Å². The maximum atomic E-state index is 12.9.